The Morgan fingerprint density at radius 3 is 2.55 bits per heavy atom. The van der Waals surface area contributed by atoms with Crippen LogP contribution in [0, 0.1) is 6.92 Å². The molecule has 1 fully saturated rings. The molecule has 0 aliphatic heterocycles. The van der Waals surface area contributed by atoms with Gasteiger partial charge in [0.05, 0.1) is 41.6 Å². The lowest BCUT2D eigenvalue weighted by Gasteiger charge is -2.24. The standard InChI is InChI=1S/C26H34N6O/c1-19-25(33-22-11-7-4-8-12-22)14-13-23(30-19)26(27)24(31(2)28)18-32-17-21(16-29-32)15-20-9-5-3-6-10-20/h3,5-6,9-10,13-14,16-17,22H,4,7-8,11-12,15,18,27-28H2,1-2H3/b26-24-. The van der Waals surface area contributed by atoms with Gasteiger partial charge < -0.3 is 15.5 Å². The van der Waals surface area contributed by atoms with Gasteiger partial charge in [-0.1, -0.05) is 36.8 Å². The SMILES string of the molecule is Cc1nc(/C(N)=C(\Cn2cc(Cc3ccccc3)cn2)N(C)N)ccc1OC1CCCCC1. The molecule has 0 atom stereocenters. The highest BCUT2D eigenvalue weighted by Crippen LogP contribution is 2.26. The maximum atomic E-state index is 6.54. The van der Waals surface area contributed by atoms with E-state index in [1.165, 1.54) is 29.8 Å². The van der Waals surface area contributed by atoms with E-state index in [-0.39, 0.29) is 6.10 Å². The highest BCUT2D eigenvalue weighted by Gasteiger charge is 2.18. The second-order valence-electron chi connectivity index (χ2n) is 8.84. The highest BCUT2D eigenvalue weighted by atomic mass is 16.5. The van der Waals surface area contributed by atoms with Crippen molar-refractivity contribution in [2.24, 2.45) is 11.6 Å². The summed E-state index contributed by atoms with van der Waals surface area (Å²) in [6.45, 7) is 2.42. The van der Waals surface area contributed by atoms with Crippen LogP contribution in [0.4, 0.5) is 0 Å². The molecule has 7 heteroatoms. The van der Waals surface area contributed by atoms with Crippen molar-refractivity contribution < 1.29 is 4.74 Å². The maximum Gasteiger partial charge on any atom is 0.140 e. The van der Waals surface area contributed by atoms with E-state index >= 15 is 0 Å². The summed E-state index contributed by atoms with van der Waals surface area (Å²) >= 11 is 0. The zero-order valence-electron chi connectivity index (χ0n) is 19.6. The van der Waals surface area contributed by atoms with Gasteiger partial charge >= 0.3 is 0 Å². The Morgan fingerprint density at radius 1 is 1.09 bits per heavy atom. The number of rotatable bonds is 8. The fraction of sp³-hybridized carbons (Fsp3) is 0.385. The van der Waals surface area contributed by atoms with Crippen molar-refractivity contribution in [3.05, 3.63) is 83.1 Å². The van der Waals surface area contributed by atoms with Gasteiger partial charge in [-0.15, -0.1) is 0 Å². The number of aromatic nitrogens is 3. The Labute approximate surface area is 196 Å². The van der Waals surface area contributed by atoms with Crippen LogP contribution >= 0.6 is 0 Å². The van der Waals surface area contributed by atoms with Crippen LogP contribution < -0.4 is 16.3 Å². The van der Waals surface area contributed by atoms with E-state index in [0.29, 0.717) is 17.9 Å². The van der Waals surface area contributed by atoms with E-state index in [1.54, 1.807) is 7.05 Å². The van der Waals surface area contributed by atoms with Crippen molar-refractivity contribution in [1.29, 1.82) is 0 Å². The Balaban J connectivity index is 1.50. The van der Waals surface area contributed by atoms with Crippen LogP contribution in [0.5, 0.6) is 5.75 Å². The number of hydrogen-bond acceptors (Lipinski definition) is 6. The second-order valence-corrected chi connectivity index (χ2v) is 8.84. The lowest BCUT2D eigenvalue weighted by Crippen LogP contribution is -2.30. The normalized spacial score (nSPS) is 15.2. The third-order valence-electron chi connectivity index (χ3n) is 6.15. The number of nitrogens with zero attached hydrogens (tertiary/aromatic N) is 4. The molecule has 1 aromatic carbocycles. The molecule has 0 unspecified atom stereocenters. The van der Waals surface area contributed by atoms with Crippen LogP contribution in [0.15, 0.2) is 60.6 Å². The van der Waals surface area contributed by atoms with Crippen LogP contribution in [0.2, 0.25) is 0 Å². The van der Waals surface area contributed by atoms with Gasteiger partial charge in [0.1, 0.15) is 5.75 Å². The Bertz CT molecular complexity index is 1080. The first-order chi connectivity index (χ1) is 16.0. The Morgan fingerprint density at radius 2 is 1.85 bits per heavy atom. The predicted octanol–water partition coefficient (Wildman–Crippen LogP) is 4.02. The minimum atomic E-state index is 0.286. The second kappa shape index (κ2) is 10.5. The number of nitrogens with two attached hydrogens (primary N) is 2. The third-order valence-corrected chi connectivity index (χ3v) is 6.15. The van der Waals surface area contributed by atoms with Crippen molar-refractivity contribution in [1.82, 2.24) is 19.8 Å². The number of hydrogen-bond donors (Lipinski definition) is 2. The number of benzene rings is 1. The van der Waals surface area contributed by atoms with Gasteiger partial charge in [0.25, 0.3) is 0 Å². The molecule has 1 aliphatic rings. The smallest absolute Gasteiger partial charge is 0.140 e. The molecule has 2 heterocycles. The molecule has 3 aromatic rings. The molecule has 1 aliphatic carbocycles. The summed E-state index contributed by atoms with van der Waals surface area (Å²) in [7, 11) is 1.78. The number of ether oxygens (including phenoxy) is 1. The summed E-state index contributed by atoms with van der Waals surface area (Å²) in [6, 6.07) is 14.2. The van der Waals surface area contributed by atoms with E-state index in [0.717, 1.165) is 42.0 Å². The van der Waals surface area contributed by atoms with Crippen molar-refractivity contribution in [3.8, 4) is 5.75 Å². The van der Waals surface area contributed by atoms with Gasteiger partial charge in [0, 0.05) is 19.7 Å². The maximum absolute atomic E-state index is 6.54. The van der Waals surface area contributed by atoms with Gasteiger partial charge in [0.15, 0.2) is 0 Å². The number of hydrazine groups is 1. The minimum absolute atomic E-state index is 0.286. The molecule has 0 spiro atoms. The molecule has 0 saturated heterocycles. The third kappa shape index (κ3) is 5.93. The average molecular weight is 447 g/mol. The number of pyridine rings is 1. The van der Waals surface area contributed by atoms with Gasteiger partial charge in [-0.2, -0.15) is 5.10 Å². The topological polar surface area (TPSA) is 95.2 Å². The molecule has 174 valence electrons. The molecule has 0 radical (unpaired) electrons. The van der Waals surface area contributed by atoms with Crippen LogP contribution in [0.25, 0.3) is 5.70 Å². The molecule has 7 nitrogen and oxygen atoms in total. The quantitative estimate of drug-likeness (QED) is 0.401. The molecule has 4 rings (SSSR count). The molecule has 0 bridgehead atoms. The summed E-state index contributed by atoms with van der Waals surface area (Å²) in [5.74, 6) is 6.98. The summed E-state index contributed by atoms with van der Waals surface area (Å²) in [5, 5.41) is 6.05. The molecule has 1 saturated carbocycles. The van der Waals surface area contributed by atoms with Gasteiger partial charge in [0.2, 0.25) is 0 Å². The monoisotopic (exact) mass is 446 g/mol. The first-order valence-corrected chi connectivity index (χ1v) is 11.7. The van der Waals surface area contributed by atoms with Gasteiger partial charge in [-0.25, -0.2) is 10.8 Å². The van der Waals surface area contributed by atoms with E-state index in [1.807, 2.05) is 54.3 Å². The van der Waals surface area contributed by atoms with Crippen molar-refractivity contribution >= 4 is 5.70 Å². The molecule has 4 N–H and O–H groups in total. The van der Waals surface area contributed by atoms with Crippen molar-refractivity contribution in [3.63, 3.8) is 0 Å². The zero-order chi connectivity index (χ0) is 23.2. The van der Waals surface area contributed by atoms with E-state index < -0.39 is 0 Å². The van der Waals surface area contributed by atoms with E-state index in [9.17, 15) is 0 Å². The molecule has 0 amide bonds. The van der Waals surface area contributed by atoms with Gasteiger partial charge in [-0.3, -0.25) is 4.68 Å². The molecule has 2 aromatic heterocycles. The number of aryl methyl sites for hydroxylation is 1. The Kier molecular flexibility index (Phi) is 7.29. The van der Waals surface area contributed by atoms with E-state index in [4.69, 9.17) is 21.3 Å². The van der Waals surface area contributed by atoms with E-state index in [2.05, 4.69) is 17.2 Å². The van der Waals surface area contributed by atoms with Crippen molar-refractivity contribution in [2.45, 2.75) is 58.1 Å². The summed E-state index contributed by atoms with van der Waals surface area (Å²) in [4.78, 5) is 4.72. The average Bonchev–Trinajstić information content (AvgIpc) is 3.26. The molecular weight excluding hydrogens is 412 g/mol. The van der Waals surface area contributed by atoms with Crippen LogP contribution in [0.1, 0.15) is 54.6 Å². The molecule has 33 heavy (non-hydrogen) atoms. The number of allylic oxidation sites excluding steroid dienone is 1. The fourth-order valence-electron chi connectivity index (χ4n) is 4.29. The van der Waals surface area contributed by atoms with Crippen LogP contribution in [-0.4, -0.2) is 32.9 Å². The zero-order valence-corrected chi connectivity index (χ0v) is 19.6. The largest absolute Gasteiger partial charge is 0.489 e. The summed E-state index contributed by atoms with van der Waals surface area (Å²) in [5.41, 5.74) is 11.7. The summed E-state index contributed by atoms with van der Waals surface area (Å²) < 4.78 is 8.07. The summed E-state index contributed by atoms with van der Waals surface area (Å²) in [6.07, 6.45) is 11.0. The van der Waals surface area contributed by atoms with Crippen LogP contribution in [-0.2, 0) is 13.0 Å². The lowest BCUT2D eigenvalue weighted by atomic mass is 9.98. The highest BCUT2D eigenvalue weighted by molar-refractivity contribution is 5.63. The fourth-order valence-corrected chi connectivity index (χ4v) is 4.29. The molecular formula is C26H34N6O. The lowest BCUT2D eigenvalue weighted by molar-refractivity contribution is 0.153. The minimum Gasteiger partial charge on any atom is -0.489 e. The first-order valence-electron chi connectivity index (χ1n) is 11.7. The Hall–Kier alpha value is -3.32. The van der Waals surface area contributed by atoms with Gasteiger partial charge in [-0.05, 0) is 55.9 Å². The first kappa shape index (κ1) is 22.9. The van der Waals surface area contributed by atoms with Crippen LogP contribution in [0.3, 0.4) is 0 Å². The predicted molar refractivity (Wildman–Crippen MR) is 131 cm³/mol. The number of likely N-dealkylation sites (N-methyl/N-ethyl adjacent to an activating group) is 1. The van der Waals surface area contributed by atoms with Crippen molar-refractivity contribution in [2.75, 3.05) is 7.05 Å².